The van der Waals surface area contributed by atoms with Crippen LogP contribution in [0, 0.1) is 12.5 Å². The van der Waals surface area contributed by atoms with Gasteiger partial charge in [-0.05, 0) is 24.3 Å². The smallest absolute Gasteiger partial charge is 0.335 e. The van der Waals surface area contributed by atoms with Crippen molar-refractivity contribution in [1.82, 2.24) is 0 Å². The predicted molar refractivity (Wildman–Crippen MR) is 45.9 cm³/mol. The van der Waals surface area contributed by atoms with E-state index in [0.29, 0.717) is 5.69 Å². The number of hydrogen-bond acceptors (Lipinski definition) is 2. The number of carboxylic acids is 1. The van der Waals surface area contributed by atoms with Crippen LogP contribution in [0.3, 0.4) is 0 Å². The summed E-state index contributed by atoms with van der Waals surface area (Å²) < 4.78 is 0. The maximum atomic E-state index is 10.4. The lowest BCUT2D eigenvalue weighted by molar-refractivity contribution is 0.0697. The molecule has 0 radical (unpaired) electrons. The first-order valence-corrected chi connectivity index (χ1v) is 3.29. The summed E-state index contributed by atoms with van der Waals surface area (Å²) in [6.45, 7) is 0. The van der Waals surface area contributed by atoms with E-state index in [0.717, 1.165) is 0 Å². The molecule has 3 heteroatoms. The lowest BCUT2D eigenvalue weighted by Crippen LogP contribution is -1.95. The summed E-state index contributed by atoms with van der Waals surface area (Å²) >= 11 is 0. The van der Waals surface area contributed by atoms with E-state index in [9.17, 15) is 4.79 Å². The van der Waals surface area contributed by atoms with Gasteiger partial charge in [0.15, 0.2) is 0 Å². The van der Waals surface area contributed by atoms with Crippen molar-refractivity contribution in [1.29, 1.82) is 0 Å². The second-order valence-corrected chi connectivity index (χ2v) is 2.15. The summed E-state index contributed by atoms with van der Waals surface area (Å²) in [6.07, 6.45) is 4.98. The Kier molecular flexibility index (Phi) is 2.34. The van der Waals surface area contributed by atoms with E-state index in [1.807, 2.05) is 0 Å². The summed E-state index contributed by atoms with van der Waals surface area (Å²) in [5.41, 5.74) is 0.958. The lowest BCUT2D eigenvalue weighted by Gasteiger charge is -1.97. The Labute approximate surface area is 70.0 Å². The molecule has 60 valence electrons. The molecule has 0 aliphatic heterocycles. The summed E-state index contributed by atoms with van der Waals surface area (Å²) in [5.74, 6) is -0.942. The van der Waals surface area contributed by atoms with Crippen LogP contribution in [0.15, 0.2) is 24.3 Å². The number of terminal acetylenes is 1. The zero-order chi connectivity index (χ0) is 8.97. The van der Waals surface area contributed by atoms with Gasteiger partial charge in [0.25, 0.3) is 0 Å². The first-order chi connectivity index (χ1) is 5.74. The zero-order valence-corrected chi connectivity index (χ0v) is 6.24. The summed E-state index contributed by atoms with van der Waals surface area (Å²) in [6, 6.07) is 8.44. The molecule has 0 aliphatic carbocycles. The predicted octanol–water partition coefficient (Wildman–Crippen LogP) is 1.39. The van der Waals surface area contributed by atoms with Gasteiger partial charge in [0.1, 0.15) is 0 Å². The molecule has 0 saturated carbocycles. The summed E-state index contributed by atoms with van der Waals surface area (Å²) in [7, 11) is 0. The van der Waals surface area contributed by atoms with Crippen molar-refractivity contribution in [2.75, 3.05) is 5.32 Å². The van der Waals surface area contributed by atoms with Crippen LogP contribution in [0.5, 0.6) is 0 Å². The van der Waals surface area contributed by atoms with Crippen LogP contribution >= 0.6 is 0 Å². The molecule has 1 aromatic carbocycles. The van der Waals surface area contributed by atoms with Crippen LogP contribution in [0.1, 0.15) is 10.4 Å². The van der Waals surface area contributed by atoms with Crippen molar-refractivity contribution in [3.63, 3.8) is 0 Å². The van der Waals surface area contributed by atoms with Crippen LogP contribution in [0.25, 0.3) is 0 Å². The Morgan fingerprint density at radius 3 is 2.42 bits per heavy atom. The van der Waals surface area contributed by atoms with E-state index in [1.165, 1.54) is 12.1 Å². The van der Waals surface area contributed by atoms with Crippen LogP contribution in [0.4, 0.5) is 5.69 Å². The number of anilines is 1. The van der Waals surface area contributed by atoms with Gasteiger partial charge in [-0.3, -0.25) is 0 Å². The molecule has 12 heavy (non-hydrogen) atoms. The molecular formula is C9H7NO2. The van der Waals surface area contributed by atoms with Gasteiger partial charge in [0.05, 0.1) is 5.56 Å². The molecule has 0 saturated heterocycles. The number of benzene rings is 1. The largest absolute Gasteiger partial charge is 0.478 e. The number of carbonyl (C=O) groups is 1. The molecule has 0 spiro atoms. The van der Waals surface area contributed by atoms with E-state index in [4.69, 9.17) is 11.5 Å². The van der Waals surface area contributed by atoms with Gasteiger partial charge in [-0.25, -0.2) is 4.79 Å². The molecule has 0 aromatic heterocycles. The highest BCUT2D eigenvalue weighted by molar-refractivity contribution is 5.88. The number of rotatable bonds is 2. The van der Waals surface area contributed by atoms with Crippen molar-refractivity contribution in [3.8, 4) is 12.5 Å². The zero-order valence-electron chi connectivity index (χ0n) is 6.24. The van der Waals surface area contributed by atoms with Gasteiger partial charge in [0, 0.05) is 11.7 Å². The van der Waals surface area contributed by atoms with Crippen molar-refractivity contribution >= 4 is 11.7 Å². The average molecular weight is 161 g/mol. The van der Waals surface area contributed by atoms with E-state index in [-0.39, 0.29) is 5.56 Å². The van der Waals surface area contributed by atoms with Gasteiger partial charge in [0.2, 0.25) is 0 Å². The molecule has 0 heterocycles. The molecular weight excluding hydrogens is 154 g/mol. The van der Waals surface area contributed by atoms with Gasteiger partial charge < -0.3 is 10.4 Å². The van der Waals surface area contributed by atoms with Gasteiger partial charge in [-0.2, -0.15) is 0 Å². The number of carboxylic acid groups (broad SMARTS) is 1. The second kappa shape index (κ2) is 3.44. The van der Waals surface area contributed by atoms with Crippen LogP contribution in [0.2, 0.25) is 0 Å². The third-order valence-electron chi connectivity index (χ3n) is 1.35. The Morgan fingerprint density at radius 2 is 2.00 bits per heavy atom. The molecule has 3 nitrogen and oxygen atoms in total. The summed E-state index contributed by atoms with van der Waals surface area (Å²) in [5, 5.41) is 11.2. The minimum absolute atomic E-state index is 0.248. The molecule has 0 unspecified atom stereocenters. The normalized spacial score (nSPS) is 8.58. The Hall–Kier alpha value is -1.95. The minimum Gasteiger partial charge on any atom is -0.478 e. The van der Waals surface area contributed by atoms with Crippen molar-refractivity contribution in [2.24, 2.45) is 0 Å². The molecule has 0 amide bonds. The average Bonchev–Trinajstić information content (AvgIpc) is 2.06. The third kappa shape index (κ3) is 1.77. The maximum Gasteiger partial charge on any atom is 0.335 e. The van der Waals surface area contributed by atoms with Gasteiger partial charge >= 0.3 is 5.97 Å². The fourth-order valence-electron chi connectivity index (χ4n) is 0.779. The van der Waals surface area contributed by atoms with Crippen LogP contribution in [-0.4, -0.2) is 11.1 Å². The molecule has 2 N–H and O–H groups in total. The lowest BCUT2D eigenvalue weighted by atomic mass is 10.2. The highest BCUT2D eigenvalue weighted by Crippen LogP contribution is 2.08. The highest BCUT2D eigenvalue weighted by Gasteiger charge is 1.99. The first-order valence-electron chi connectivity index (χ1n) is 3.29. The quantitative estimate of drug-likeness (QED) is 0.509. The molecule has 1 aromatic rings. The Bertz CT molecular complexity index is 321. The highest BCUT2D eigenvalue weighted by atomic mass is 16.4. The number of nitrogens with one attached hydrogen (secondary N) is 1. The van der Waals surface area contributed by atoms with Crippen molar-refractivity contribution < 1.29 is 9.90 Å². The number of aromatic carboxylic acids is 1. The molecule has 0 fully saturated rings. The van der Waals surface area contributed by atoms with Crippen LogP contribution in [-0.2, 0) is 0 Å². The standard InChI is InChI=1S/C9H7NO2/c1-2-10-8-5-3-7(4-6-8)9(11)12/h1,3-6,10H,(H,11,12). The van der Waals surface area contributed by atoms with Gasteiger partial charge in [-0.15, -0.1) is 0 Å². The molecule has 0 aliphatic rings. The monoisotopic (exact) mass is 161 g/mol. The fraction of sp³-hybridized carbons (Fsp3) is 0. The van der Waals surface area contributed by atoms with E-state index < -0.39 is 5.97 Å². The Morgan fingerprint density at radius 1 is 1.42 bits per heavy atom. The molecule has 0 bridgehead atoms. The molecule has 1 rings (SSSR count). The third-order valence-corrected chi connectivity index (χ3v) is 1.35. The Balaban J connectivity index is 2.87. The van der Waals surface area contributed by atoms with Crippen molar-refractivity contribution in [2.45, 2.75) is 0 Å². The first kappa shape index (κ1) is 8.15. The van der Waals surface area contributed by atoms with Gasteiger partial charge in [-0.1, -0.05) is 6.42 Å². The van der Waals surface area contributed by atoms with Crippen molar-refractivity contribution in [3.05, 3.63) is 29.8 Å². The SMILES string of the molecule is C#CNc1ccc(C(=O)O)cc1. The fourth-order valence-corrected chi connectivity index (χ4v) is 0.779. The second-order valence-electron chi connectivity index (χ2n) is 2.15. The summed E-state index contributed by atoms with van der Waals surface area (Å²) in [4.78, 5) is 10.4. The van der Waals surface area contributed by atoms with Crippen LogP contribution < -0.4 is 5.32 Å². The molecule has 0 atom stereocenters. The minimum atomic E-state index is -0.942. The maximum absolute atomic E-state index is 10.4. The van der Waals surface area contributed by atoms with E-state index in [1.54, 1.807) is 12.1 Å². The topological polar surface area (TPSA) is 49.3 Å². The van der Waals surface area contributed by atoms with E-state index in [2.05, 4.69) is 11.4 Å². The number of hydrogen-bond donors (Lipinski definition) is 2. The van der Waals surface area contributed by atoms with E-state index >= 15 is 0 Å².